The summed E-state index contributed by atoms with van der Waals surface area (Å²) in [7, 11) is 0. The third-order valence-corrected chi connectivity index (χ3v) is 2.74. The van der Waals surface area contributed by atoms with Crippen molar-refractivity contribution in [3.05, 3.63) is 28.8 Å². The summed E-state index contributed by atoms with van der Waals surface area (Å²) in [4.78, 5) is 1.16. The first-order valence-corrected chi connectivity index (χ1v) is 5.16. The van der Waals surface area contributed by atoms with Gasteiger partial charge in [0.15, 0.2) is 0 Å². The highest BCUT2D eigenvalue weighted by Crippen LogP contribution is 2.24. The van der Waals surface area contributed by atoms with Crippen LogP contribution in [0.25, 0.3) is 0 Å². The van der Waals surface area contributed by atoms with Gasteiger partial charge < -0.3 is 5.11 Å². The van der Waals surface area contributed by atoms with E-state index in [1.807, 2.05) is 18.2 Å². The van der Waals surface area contributed by atoms with Crippen molar-refractivity contribution in [2.24, 2.45) is 0 Å². The van der Waals surface area contributed by atoms with Gasteiger partial charge in [-0.25, -0.2) is 0 Å². The quantitative estimate of drug-likeness (QED) is 0.761. The van der Waals surface area contributed by atoms with Crippen LogP contribution in [0.1, 0.15) is 12.5 Å². The predicted molar refractivity (Wildman–Crippen MR) is 53.8 cm³/mol. The van der Waals surface area contributed by atoms with Crippen molar-refractivity contribution in [1.29, 1.82) is 0 Å². The molecule has 0 amide bonds. The average Bonchev–Trinajstić information content (AvgIpc) is 2.09. The minimum Gasteiger partial charge on any atom is -0.392 e. The summed E-state index contributed by atoms with van der Waals surface area (Å²) >= 11 is 7.57. The second-order valence-corrected chi connectivity index (χ2v) is 4.09. The van der Waals surface area contributed by atoms with E-state index in [4.69, 9.17) is 16.7 Å². The van der Waals surface area contributed by atoms with Gasteiger partial charge in [-0.2, -0.15) is 0 Å². The van der Waals surface area contributed by atoms with E-state index in [1.54, 1.807) is 11.8 Å². The molecule has 12 heavy (non-hydrogen) atoms. The molecule has 1 nitrogen and oxygen atoms in total. The van der Waals surface area contributed by atoms with Gasteiger partial charge in [-0.15, -0.1) is 11.8 Å². The van der Waals surface area contributed by atoms with Crippen LogP contribution in [0.2, 0.25) is 5.02 Å². The van der Waals surface area contributed by atoms with E-state index in [9.17, 15) is 0 Å². The van der Waals surface area contributed by atoms with Crippen LogP contribution in [0, 0.1) is 0 Å². The number of aliphatic hydroxyl groups is 1. The molecule has 0 radical (unpaired) electrons. The second-order valence-electron chi connectivity index (χ2n) is 2.34. The topological polar surface area (TPSA) is 20.2 Å². The third kappa shape index (κ3) is 2.41. The van der Waals surface area contributed by atoms with Gasteiger partial charge in [0.1, 0.15) is 0 Å². The molecule has 0 spiro atoms. The lowest BCUT2D eigenvalue weighted by Gasteiger charge is -2.03. The van der Waals surface area contributed by atoms with Crippen LogP contribution in [0.3, 0.4) is 0 Å². The lowest BCUT2D eigenvalue weighted by Crippen LogP contribution is -1.85. The van der Waals surface area contributed by atoms with Crippen molar-refractivity contribution in [1.82, 2.24) is 0 Å². The Morgan fingerprint density at radius 1 is 1.50 bits per heavy atom. The Kier molecular flexibility index (Phi) is 3.92. The summed E-state index contributed by atoms with van der Waals surface area (Å²) in [6, 6.07) is 5.72. The molecule has 0 bridgehead atoms. The van der Waals surface area contributed by atoms with E-state index < -0.39 is 0 Å². The highest BCUT2D eigenvalue weighted by molar-refractivity contribution is 7.99. The van der Waals surface area contributed by atoms with E-state index in [-0.39, 0.29) is 6.61 Å². The molecular weight excluding hydrogens is 192 g/mol. The Balaban J connectivity index is 2.89. The maximum atomic E-state index is 8.92. The standard InChI is InChI=1S/C9H11ClOS/c1-2-12-8-3-4-9(10)7(5-8)6-11/h3-5,11H,2,6H2,1H3. The number of halogens is 1. The second kappa shape index (κ2) is 4.75. The fourth-order valence-corrected chi connectivity index (χ4v) is 1.83. The first-order valence-electron chi connectivity index (χ1n) is 3.80. The van der Waals surface area contributed by atoms with Gasteiger partial charge >= 0.3 is 0 Å². The predicted octanol–water partition coefficient (Wildman–Crippen LogP) is 2.94. The Morgan fingerprint density at radius 3 is 2.83 bits per heavy atom. The normalized spacial score (nSPS) is 10.2. The van der Waals surface area contributed by atoms with Gasteiger partial charge in [-0.1, -0.05) is 18.5 Å². The van der Waals surface area contributed by atoms with E-state index in [2.05, 4.69) is 6.92 Å². The van der Waals surface area contributed by atoms with Gasteiger partial charge in [0.25, 0.3) is 0 Å². The Bertz CT molecular complexity index is 263. The molecule has 66 valence electrons. The largest absolute Gasteiger partial charge is 0.392 e. The van der Waals surface area contributed by atoms with Gasteiger partial charge in [0.05, 0.1) is 6.61 Å². The SMILES string of the molecule is CCSc1ccc(Cl)c(CO)c1. The third-order valence-electron chi connectivity index (χ3n) is 1.50. The van der Waals surface area contributed by atoms with Crippen LogP contribution in [-0.4, -0.2) is 10.9 Å². The summed E-state index contributed by atoms with van der Waals surface area (Å²) in [5, 5.41) is 9.55. The zero-order valence-electron chi connectivity index (χ0n) is 6.88. The van der Waals surface area contributed by atoms with Crippen LogP contribution in [0.4, 0.5) is 0 Å². The van der Waals surface area contributed by atoms with Gasteiger partial charge in [0.2, 0.25) is 0 Å². The van der Waals surface area contributed by atoms with Crippen LogP contribution < -0.4 is 0 Å². The number of aliphatic hydroxyl groups excluding tert-OH is 1. The minimum absolute atomic E-state index is 0.0109. The molecule has 3 heteroatoms. The molecule has 0 unspecified atom stereocenters. The van der Waals surface area contributed by atoms with E-state index in [0.29, 0.717) is 5.02 Å². The molecule has 0 heterocycles. The number of thioether (sulfide) groups is 1. The molecular formula is C9H11ClOS. The van der Waals surface area contributed by atoms with Crippen molar-refractivity contribution < 1.29 is 5.11 Å². The molecule has 0 saturated heterocycles. The molecule has 0 aliphatic heterocycles. The van der Waals surface area contributed by atoms with Crippen molar-refractivity contribution >= 4 is 23.4 Å². The number of benzene rings is 1. The van der Waals surface area contributed by atoms with E-state index in [1.165, 1.54) is 0 Å². The first-order chi connectivity index (χ1) is 5.77. The molecule has 1 aromatic carbocycles. The average molecular weight is 203 g/mol. The van der Waals surface area contributed by atoms with Crippen LogP contribution in [0.5, 0.6) is 0 Å². The zero-order chi connectivity index (χ0) is 8.97. The monoisotopic (exact) mass is 202 g/mol. The Morgan fingerprint density at radius 2 is 2.25 bits per heavy atom. The molecule has 0 fully saturated rings. The summed E-state index contributed by atoms with van der Waals surface area (Å²) in [5.74, 6) is 1.03. The van der Waals surface area contributed by atoms with Crippen molar-refractivity contribution in [3.8, 4) is 0 Å². The lowest BCUT2D eigenvalue weighted by atomic mass is 10.2. The van der Waals surface area contributed by atoms with Crippen molar-refractivity contribution in [2.75, 3.05) is 5.75 Å². The molecule has 1 rings (SSSR count). The number of hydrogen-bond donors (Lipinski definition) is 1. The maximum absolute atomic E-state index is 8.92. The molecule has 0 aliphatic carbocycles. The molecule has 0 aromatic heterocycles. The number of rotatable bonds is 3. The van der Waals surface area contributed by atoms with Gasteiger partial charge in [-0.3, -0.25) is 0 Å². The smallest absolute Gasteiger partial charge is 0.0696 e. The highest BCUT2D eigenvalue weighted by Gasteiger charge is 1.99. The molecule has 0 saturated carbocycles. The molecule has 1 aromatic rings. The summed E-state index contributed by atoms with van der Waals surface area (Å²) < 4.78 is 0. The summed E-state index contributed by atoms with van der Waals surface area (Å²) in [5.41, 5.74) is 0.801. The van der Waals surface area contributed by atoms with Crippen LogP contribution in [0.15, 0.2) is 23.1 Å². The molecule has 0 atom stereocenters. The number of hydrogen-bond acceptors (Lipinski definition) is 2. The van der Waals surface area contributed by atoms with Crippen molar-refractivity contribution in [3.63, 3.8) is 0 Å². The van der Waals surface area contributed by atoms with Crippen molar-refractivity contribution in [2.45, 2.75) is 18.4 Å². The summed E-state index contributed by atoms with van der Waals surface area (Å²) in [6.07, 6.45) is 0. The highest BCUT2D eigenvalue weighted by atomic mass is 35.5. The van der Waals surface area contributed by atoms with E-state index in [0.717, 1.165) is 16.2 Å². The fraction of sp³-hybridized carbons (Fsp3) is 0.333. The fourth-order valence-electron chi connectivity index (χ4n) is 0.929. The molecule has 0 aliphatic rings. The zero-order valence-corrected chi connectivity index (χ0v) is 8.45. The Hall–Kier alpha value is -0.180. The van der Waals surface area contributed by atoms with Crippen LogP contribution in [-0.2, 0) is 6.61 Å². The van der Waals surface area contributed by atoms with Gasteiger partial charge in [0, 0.05) is 9.92 Å². The van der Waals surface area contributed by atoms with Crippen LogP contribution >= 0.6 is 23.4 Å². The minimum atomic E-state index is 0.0109. The van der Waals surface area contributed by atoms with E-state index >= 15 is 0 Å². The Labute approximate surface area is 81.7 Å². The maximum Gasteiger partial charge on any atom is 0.0696 e. The summed E-state index contributed by atoms with van der Waals surface area (Å²) in [6.45, 7) is 2.11. The molecule has 1 N–H and O–H groups in total. The lowest BCUT2D eigenvalue weighted by molar-refractivity contribution is 0.281. The first kappa shape index (κ1) is 9.90. The van der Waals surface area contributed by atoms with Gasteiger partial charge in [-0.05, 0) is 29.5 Å².